The van der Waals surface area contributed by atoms with E-state index in [2.05, 4.69) is 10.6 Å². The molecule has 2 amide bonds. The third kappa shape index (κ3) is 3.52. The maximum atomic E-state index is 12.3. The van der Waals surface area contributed by atoms with Gasteiger partial charge in [0.25, 0.3) is 5.91 Å². The molecule has 0 heterocycles. The second-order valence-corrected chi connectivity index (χ2v) is 6.81. The molecule has 0 aliphatic heterocycles. The lowest BCUT2D eigenvalue weighted by Crippen LogP contribution is -2.30. The van der Waals surface area contributed by atoms with Gasteiger partial charge in [-0.25, -0.2) is 0 Å². The highest BCUT2D eigenvalue weighted by atomic mass is 16.4. The Kier molecular flexibility index (Phi) is 4.45. The Bertz CT molecular complexity index is 652. The monoisotopic (exact) mass is 318 g/mol. The summed E-state index contributed by atoms with van der Waals surface area (Å²) in [6.45, 7) is 7.26. The van der Waals surface area contributed by atoms with Gasteiger partial charge in [-0.1, -0.05) is 19.9 Å². The first-order valence-corrected chi connectivity index (χ1v) is 7.59. The number of aliphatic carboxylic acids is 1. The zero-order chi connectivity index (χ0) is 17.4. The number of hydrogen-bond donors (Lipinski definition) is 3. The predicted molar refractivity (Wildman–Crippen MR) is 86.1 cm³/mol. The van der Waals surface area contributed by atoms with Crippen LogP contribution in [0.5, 0.6) is 0 Å². The molecule has 0 radical (unpaired) electrons. The number of carboxylic acid groups (broad SMARTS) is 1. The molecular formula is C17H22N2O4. The standard InChI is InChI=1S/C17H22N2O4/c1-9(2)18-14(20)10-6-5-7-11(8-10)19-15(21)12-13(16(22)23)17(12,3)4/h5-9,12-13H,1-4H3,(H,18,20)(H,19,21)(H,22,23)/t12-,13-/m1/s1. The molecule has 1 aromatic carbocycles. The van der Waals surface area contributed by atoms with Crippen LogP contribution in [0.15, 0.2) is 24.3 Å². The number of hydrogen-bond acceptors (Lipinski definition) is 3. The number of anilines is 1. The first kappa shape index (κ1) is 17.0. The van der Waals surface area contributed by atoms with E-state index in [1.807, 2.05) is 13.8 Å². The van der Waals surface area contributed by atoms with Crippen LogP contribution in [0.4, 0.5) is 5.69 Å². The molecule has 1 aliphatic rings. The molecule has 3 N–H and O–H groups in total. The highest BCUT2D eigenvalue weighted by Gasteiger charge is 2.65. The summed E-state index contributed by atoms with van der Waals surface area (Å²) in [7, 11) is 0. The lowest BCUT2D eigenvalue weighted by molar-refractivity contribution is -0.140. The molecule has 0 unspecified atom stereocenters. The number of benzene rings is 1. The number of rotatable bonds is 5. The molecule has 0 bridgehead atoms. The van der Waals surface area contributed by atoms with Crippen LogP contribution >= 0.6 is 0 Å². The summed E-state index contributed by atoms with van der Waals surface area (Å²) in [5.41, 5.74) is 0.377. The largest absolute Gasteiger partial charge is 0.481 e. The Morgan fingerprint density at radius 3 is 2.35 bits per heavy atom. The van der Waals surface area contributed by atoms with E-state index in [1.54, 1.807) is 38.1 Å². The summed E-state index contributed by atoms with van der Waals surface area (Å²) in [6, 6.07) is 6.62. The van der Waals surface area contributed by atoms with Gasteiger partial charge in [0, 0.05) is 17.3 Å². The van der Waals surface area contributed by atoms with E-state index in [4.69, 9.17) is 5.11 Å². The smallest absolute Gasteiger partial charge is 0.307 e. The SMILES string of the molecule is CC(C)NC(=O)c1cccc(NC(=O)[C@H]2[C@H](C(=O)O)C2(C)C)c1. The third-order valence-electron chi connectivity index (χ3n) is 4.19. The lowest BCUT2D eigenvalue weighted by atomic mass is 10.1. The minimum absolute atomic E-state index is 0.0179. The second kappa shape index (κ2) is 6.02. The van der Waals surface area contributed by atoms with Crippen LogP contribution in [0.1, 0.15) is 38.1 Å². The number of amides is 2. The van der Waals surface area contributed by atoms with Crippen molar-refractivity contribution in [2.24, 2.45) is 17.3 Å². The summed E-state index contributed by atoms with van der Waals surface area (Å²) in [6.07, 6.45) is 0. The first-order valence-electron chi connectivity index (χ1n) is 7.59. The minimum atomic E-state index is -0.958. The van der Waals surface area contributed by atoms with Crippen LogP contribution in [-0.2, 0) is 9.59 Å². The van der Waals surface area contributed by atoms with E-state index in [0.29, 0.717) is 11.3 Å². The van der Waals surface area contributed by atoms with Gasteiger partial charge < -0.3 is 15.7 Å². The normalized spacial score (nSPS) is 21.6. The average Bonchev–Trinajstić information content (AvgIpc) is 3.01. The molecule has 6 nitrogen and oxygen atoms in total. The molecule has 6 heteroatoms. The van der Waals surface area contributed by atoms with Crippen molar-refractivity contribution in [2.45, 2.75) is 33.7 Å². The Labute approximate surface area is 135 Å². The Morgan fingerprint density at radius 2 is 1.83 bits per heavy atom. The molecule has 0 spiro atoms. The van der Waals surface area contributed by atoms with Crippen LogP contribution < -0.4 is 10.6 Å². The molecule has 1 saturated carbocycles. The number of carboxylic acids is 1. The van der Waals surface area contributed by atoms with Gasteiger partial charge in [0.2, 0.25) is 5.91 Å². The van der Waals surface area contributed by atoms with Gasteiger partial charge in [0.15, 0.2) is 0 Å². The number of nitrogens with one attached hydrogen (secondary N) is 2. The molecule has 124 valence electrons. The van der Waals surface area contributed by atoms with E-state index in [-0.39, 0.29) is 17.9 Å². The van der Waals surface area contributed by atoms with Crippen molar-refractivity contribution >= 4 is 23.5 Å². The Hall–Kier alpha value is -2.37. The number of carbonyl (C=O) groups excluding carboxylic acids is 2. The quantitative estimate of drug-likeness (QED) is 0.775. The summed E-state index contributed by atoms with van der Waals surface area (Å²) in [4.78, 5) is 35.4. The number of carbonyl (C=O) groups is 3. The van der Waals surface area contributed by atoms with Crippen molar-refractivity contribution in [3.8, 4) is 0 Å². The summed E-state index contributed by atoms with van der Waals surface area (Å²) in [5, 5.41) is 14.6. The van der Waals surface area contributed by atoms with Gasteiger partial charge in [-0.3, -0.25) is 14.4 Å². The Morgan fingerprint density at radius 1 is 1.17 bits per heavy atom. The van der Waals surface area contributed by atoms with Crippen LogP contribution in [0, 0.1) is 17.3 Å². The zero-order valence-corrected chi connectivity index (χ0v) is 13.7. The molecule has 1 fully saturated rings. The second-order valence-electron chi connectivity index (χ2n) is 6.81. The van der Waals surface area contributed by atoms with Gasteiger partial charge in [-0.15, -0.1) is 0 Å². The van der Waals surface area contributed by atoms with Crippen molar-refractivity contribution in [2.75, 3.05) is 5.32 Å². The molecule has 2 atom stereocenters. The minimum Gasteiger partial charge on any atom is -0.481 e. The fraction of sp³-hybridized carbons (Fsp3) is 0.471. The van der Waals surface area contributed by atoms with Crippen LogP contribution in [0.3, 0.4) is 0 Å². The maximum absolute atomic E-state index is 12.3. The molecule has 1 aromatic rings. The highest BCUT2D eigenvalue weighted by molar-refractivity contribution is 6.01. The van der Waals surface area contributed by atoms with Gasteiger partial charge in [0.1, 0.15) is 0 Å². The van der Waals surface area contributed by atoms with Crippen LogP contribution in [0.2, 0.25) is 0 Å². The molecule has 0 saturated heterocycles. The van der Waals surface area contributed by atoms with Gasteiger partial charge in [0.05, 0.1) is 11.8 Å². The van der Waals surface area contributed by atoms with Crippen LogP contribution in [-0.4, -0.2) is 28.9 Å². The summed E-state index contributed by atoms with van der Waals surface area (Å²) in [5.74, 6) is -2.74. The highest BCUT2D eigenvalue weighted by Crippen LogP contribution is 2.58. The van der Waals surface area contributed by atoms with E-state index in [0.717, 1.165) is 0 Å². The van der Waals surface area contributed by atoms with Crippen LogP contribution in [0.25, 0.3) is 0 Å². The van der Waals surface area contributed by atoms with E-state index in [1.165, 1.54) is 0 Å². The van der Waals surface area contributed by atoms with Crippen molar-refractivity contribution in [1.29, 1.82) is 0 Å². The van der Waals surface area contributed by atoms with Gasteiger partial charge in [-0.2, -0.15) is 0 Å². The first-order chi connectivity index (χ1) is 10.6. The van der Waals surface area contributed by atoms with Crippen molar-refractivity contribution in [1.82, 2.24) is 5.32 Å². The fourth-order valence-corrected chi connectivity index (χ4v) is 2.89. The molecule has 0 aromatic heterocycles. The predicted octanol–water partition coefficient (Wildman–Crippen LogP) is 2.12. The topological polar surface area (TPSA) is 95.5 Å². The molecule has 1 aliphatic carbocycles. The summed E-state index contributed by atoms with van der Waals surface area (Å²) < 4.78 is 0. The molecular weight excluding hydrogens is 296 g/mol. The fourth-order valence-electron chi connectivity index (χ4n) is 2.89. The summed E-state index contributed by atoms with van der Waals surface area (Å²) >= 11 is 0. The van der Waals surface area contributed by atoms with Crippen molar-refractivity contribution in [3.05, 3.63) is 29.8 Å². The van der Waals surface area contributed by atoms with Crippen molar-refractivity contribution < 1.29 is 19.5 Å². The van der Waals surface area contributed by atoms with E-state index < -0.39 is 23.2 Å². The Balaban J connectivity index is 2.08. The lowest BCUT2D eigenvalue weighted by Gasteiger charge is -2.10. The average molecular weight is 318 g/mol. The molecule has 23 heavy (non-hydrogen) atoms. The van der Waals surface area contributed by atoms with Crippen molar-refractivity contribution in [3.63, 3.8) is 0 Å². The zero-order valence-electron chi connectivity index (χ0n) is 13.7. The maximum Gasteiger partial charge on any atom is 0.307 e. The molecule has 2 rings (SSSR count). The van der Waals surface area contributed by atoms with E-state index >= 15 is 0 Å². The van der Waals surface area contributed by atoms with Gasteiger partial charge >= 0.3 is 5.97 Å². The van der Waals surface area contributed by atoms with E-state index in [9.17, 15) is 14.4 Å². The van der Waals surface area contributed by atoms with Gasteiger partial charge in [-0.05, 0) is 37.5 Å². The third-order valence-corrected chi connectivity index (χ3v) is 4.19.